The number of hydrogen-bond acceptors (Lipinski definition) is 4. The molecule has 16 heavy (non-hydrogen) atoms. The first-order valence-corrected chi connectivity index (χ1v) is 6.33. The minimum atomic E-state index is -0.125. The standard InChI is InChI=1S/C11H16N2O2S/c1-3-9(14)5-4-6-16-11-12-8(2)7-10(15)13-11/h7H,3-6H2,1-2H3,(H,12,13,15). The number of Topliss-reactive ketones (excluding diaryl/α,β-unsaturated/α-hetero) is 1. The van der Waals surface area contributed by atoms with Crippen LogP contribution in [-0.4, -0.2) is 21.5 Å². The molecule has 0 saturated carbocycles. The van der Waals surface area contributed by atoms with Gasteiger partial charge in [-0.3, -0.25) is 9.59 Å². The molecule has 0 amide bonds. The third-order valence-corrected chi connectivity index (χ3v) is 3.04. The highest BCUT2D eigenvalue weighted by molar-refractivity contribution is 7.99. The van der Waals surface area contributed by atoms with Gasteiger partial charge < -0.3 is 4.98 Å². The van der Waals surface area contributed by atoms with Crippen molar-refractivity contribution in [1.82, 2.24) is 9.97 Å². The van der Waals surface area contributed by atoms with Crippen LogP contribution in [0.1, 0.15) is 31.9 Å². The van der Waals surface area contributed by atoms with Crippen LogP contribution in [0.15, 0.2) is 16.0 Å². The maximum absolute atomic E-state index is 11.1. The Hall–Kier alpha value is -1.10. The van der Waals surface area contributed by atoms with E-state index in [1.54, 1.807) is 6.92 Å². The van der Waals surface area contributed by atoms with Crippen LogP contribution >= 0.6 is 11.8 Å². The lowest BCUT2D eigenvalue weighted by molar-refractivity contribution is -0.118. The van der Waals surface area contributed by atoms with Crippen molar-refractivity contribution in [2.45, 2.75) is 38.3 Å². The zero-order valence-electron chi connectivity index (χ0n) is 9.58. The normalized spacial score (nSPS) is 10.4. The summed E-state index contributed by atoms with van der Waals surface area (Å²) in [6, 6.07) is 1.46. The van der Waals surface area contributed by atoms with Crippen molar-refractivity contribution < 1.29 is 4.79 Å². The number of aryl methyl sites for hydroxylation is 1. The number of nitrogens with zero attached hydrogens (tertiary/aromatic N) is 1. The summed E-state index contributed by atoms with van der Waals surface area (Å²) in [6.07, 6.45) is 2.04. The lowest BCUT2D eigenvalue weighted by Crippen LogP contribution is -2.08. The number of ketones is 1. The van der Waals surface area contributed by atoms with Gasteiger partial charge in [-0.25, -0.2) is 4.98 Å². The van der Waals surface area contributed by atoms with E-state index < -0.39 is 0 Å². The molecule has 0 fully saturated rings. The molecule has 0 aliphatic heterocycles. The van der Waals surface area contributed by atoms with E-state index in [2.05, 4.69) is 9.97 Å². The Balaban J connectivity index is 2.37. The van der Waals surface area contributed by atoms with Crippen LogP contribution in [0.3, 0.4) is 0 Å². The molecular weight excluding hydrogens is 224 g/mol. The predicted molar refractivity (Wildman–Crippen MR) is 64.9 cm³/mol. The molecule has 1 rings (SSSR count). The van der Waals surface area contributed by atoms with Gasteiger partial charge in [0.15, 0.2) is 5.16 Å². The molecule has 1 N–H and O–H groups in total. The Labute approximate surface area is 98.9 Å². The largest absolute Gasteiger partial charge is 0.301 e. The van der Waals surface area contributed by atoms with Crippen LogP contribution in [0.5, 0.6) is 0 Å². The van der Waals surface area contributed by atoms with Gasteiger partial charge in [-0.05, 0) is 13.3 Å². The molecule has 0 spiro atoms. The van der Waals surface area contributed by atoms with Gasteiger partial charge in [0.25, 0.3) is 5.56 Å². The van der Waals surface area contributed by atoms with Crippen LogP contribution in [0, 0.1) is 6.92 Å². The average molecular weight is 240 g/mol. The molecule has 0 atom stereocenters. The summed E-state index contributed by atoms with van der Waals surface area (Å²) < 4.78 is 0. The predicted octanol–water partition coefficient (Wildman–Crippen LogP) is 1.93. The summed E-state index contributed by atoms with van der Waals surface area (Å²) >= 11 is 1.48. The van der Waals surface area contributed by atoms with E-state index in [4.69, 9.17) is 0 Å². The Morgan fingerprint density at radius 3 is 2.94 bits per heavy atom. The molecule has 0 aliphatic carbocycles. The first-order valence-electron chi connectivity index (χ1n) is 5.34. The smallest absolute Gasteiger partial charge is 0.251 e. The molecule has 5 heteroatoms. The summed E-state index contributed by atoms with van der Waals surface area (Å²) in [6.45, 7) is 3.66. The monoisotopic (exact) mass is 240 g/mol. The zero-order valence-corrected chi connectivity index (χ0v) is 10.4. The molecule has 1 heterocycles. The first-order chi connectivity index (χ1) is 7.61. The van der Waals surface area contributed by atoms with E-state index in [0.29, 0.717) is 18.0 Å². The summed E-state index contributed by atoms with van der Waals surface area (Å²) in [7, 11) is 0. The van der Waals surface area contributed by atoms with Gasteiger partial charge in [0, 0.05) is 30.4 Å². The van der Waals surface area contributed by atoms with E-state index in [0.717, 1.165) is 17.9 Å². The second kappa shape index (κ2) is 6.48. The number of thioether (sulfide) groups is 1. The fourth-order valence-electron chi connectivity index (χ4n) is 1.23. The van der Waals surface area contributed by atoms with Gasteiger partial charge in [-0.15, -0.1) is 0 Å². The molecule has 4 nitrogen and oxygen atoms in total. The molecule has 0 radical (unpaired) electrons. The minimum Gasteiger partial charge on any atom is -0.301 e. The van der Waals surface area contributed by atoms with Crippen LogP contribution in [0.25, 0.3) is 0 Å². The average Bonchev–Trinajstić information content (AvgIpc) is 2.22. The molecule has 0 aliphatic rings. The van der Waals surface area contributed by atoms with Crippen molar-refractivity contribution in [3.05, 3.63) is 22.1 Å². The maximum Gasteiger partial charge on any atom is 0.251 e. The highest BCUT2D eigenvalue weighted by Gasteiger charge is 2.01. The minimum absolute atomic E-state index is 0.125. The van der Waals surface area contributed by atoms with E-state index >= 15 is 0 Å². The number of aromatic amines is 1. The van der Waals surface area contributed by atoms with Crippen LogP contribution in [-0.2, 0) is 4.79 Å². The fourth-order valence-corrected chi connectivity index (χ4v) is 2.10. The van der Waals surface area contributed by atoms with Crippen molar-refractivity contribution >= 4 is 17.5 Å². The van der Waals surface area contributed by atoms with Gasteiger partial charge in [-0.2, -0.15) is 0 Å². The Morgan fingerprint density at radius 2 is 2.31 bits per heavy atom. The summed E-state index contributed by atoms with van der Waals surface area (Å²) in [5.41, 5.74) is 0.593. The highest BCUT2D eigenvalue weighted by Crippen LogP contribution is 2.13. The lowest BCUT2D eigenvalue weighted by atomic mass is 10.2. The highest BCUT2D eigenvalue weighted by atomic mass is 32.2. The molecule has 0 unspecified atom stereocenters. The third-order valence-electron chi connectivity index (χ3n) is 2.08. The van der Waals surface area contributed by atoms with Crippen molar-refractivity contribution in [3.8, 4) is 0 Å². The molecule has 1 aromatic rings. The lowest BCUT2D eigenvalue weighted by Gasteiger charge is -2.01. The number of nitrogens with one attached hydrogen (secondary N) is 1. The fraction of sp³-hybridized carbons (Fsp3) is 0.545. The number of hydrogen-bond donors (Lipinski definition) is 1. The van der Waals surface area contributed by atoms with Crippen LogP contribution in [0.2, 0.25) is 0 Å². The molecule has 0 aromatic carbocycles. The van der Waals surface area contributed by atoms with E-state index in [1.165, 1.54) is 17.8 Å². The quantitative estimate of drug-likeness (QED) is 0.469. The zero-order chi connectivity index (χ0) is 12.0. The molecule has 1 aromatic heterocycles. The second-order valence-corrected chi connectivity index (χ2v) is 4.62. The van der Waals surface area contributed by atoms with Crippen molar-refractivity contribution in [2.24, 2.45) is 0 Å². The van der Waals surface area contributed by atoms with Gasteiger partial charge in [-0.1, -0.05) is 18.7 Å². The number of rotatable bonds is 6. The summed E-state index contributed by atoms with van der Waals surface area (Å²) in [5, 5.41) is 0.633. The van der Waals surface area contributed by atoms with Gasteiger partial charge >= 0.3 is 0 Å². The molecule has 88 valence electrons. The Bertz CT molecular complexity index is 415. The van der Waals surface area contributed by atoms with Gasteiger partial charge in [0.2, 0.25) is 0 Å². The third kappa shape index (κ3) is 4.61. The Kier molecular flexibility index (Phi) is 5.25. The molecule has 0 saturated heterocycles. The number of carbonyl (C=O) groups excluding carboxylic acids is 1. The Morgan fingerprint density at radius 1 is 1.56 bits per heavy atom. The maximum atomic E-state index is 11.1. The topological polar surface area (TPSA) is 62.8 Å². The van der Waals surface area contributed by atoms with Gasteiger partial charge in [0.05, 0.1) is 0 Å². The van der Waals surface area contributed by atoms with Gasteiger partial charge in [0.1, 0.15) is 5.78 Å². The van der Waals surface area contributed by atoms with E-state index in [9.17, 15) is 9.59 Å². The van der Waals surface area contributed by atoms with Crippen molar-refractivity contribution in [3.63, 3.8) is 0 Å². The van der Waals surface area contributed by atoms with Crippen LogP contribution < -0.4 is 5.56 Å². The second-order valence-electron chi connectivity index (χ2n) is 3.54. The summed E-state index contributed by atoms with van der Waals surface area (Å²) in [5.74, 6) is 1.09. The molecular formula is C11H16N2O2S. The number of H-pyrrole nitrogens is 1. The SMILES string of the molecule is CCC(=O)CCCSc1nc(C)cc(=O)[nH]1. The van der Waals surface area contributed by atoms with Crippen molar-refractivity contribution in [2.75, 3.05) is 5.75 Å². The van der Waals surface area contributed by atoms with E-state index in [-0.39, 0.29) is 11.3 Å². The van der Waals surface area contributed by atoms with E-state index in [1.807, 2.05) is 6.92 Å². The molecule has 0 bridgehead atoms. The van der Waals surface area contributed by atoms with Crippen molar-refractivity contribution in [1.29, 1.82) is 0 Å². The van der Waals surface area contributed by atoms with Crippen LogP contribution in [0.4, 0.5) is 0 Å². The first kappa shape index (κ1) is 13.0. The summed E-state index contributed by atoms with van der Waals surface area (Å²) in [4.78, 5) is 29.0. The number of aromatic nitrogens is 2. The number of carbonyl (C=O) groups is 1.